The largest absolute Gasteiger partial charge is 0.394 e. The van der Waals surface area contributed by atoms with Crippen molar-refractivity contribution in [1.82, 2.24) is 0 Å². The summed E-state index contributed by atoms with van der Waals surface area (Å²) in [6, 6.07) is 14.1. The number of anilines is 1. The first kappa shape index (κ1) is 14.1. The molecule has 0 aliphatic rings. The predicted octanol–water partition coefficient (Wildman–Crippen LogP) is 4.21. The van der Waals surface area contributed by atoms with E-state index in [1.165, 1.54) is 11.1 Å². The molecule has 3 heteroatoms. The van der Waals surface area contributed by atoms with Crippen LogP contribution in [0.15, 0.2) is 46.9 Å². The fourth-order valence-corrected chi connectivity index (χ4v) is 2.52. The highest BCUT2D eigenvalue weighted by molar-refractivity contribution is 9.10. The Morgan fingerprint density at radius 2 is 1.89 bits per heavy atom. The van der Waals surface area contributed by atoms with Gasteiger partial charge in [-0.3, -0.25) is 0 Å². The van der Waals surface area contributed by atoms with Gasteiger partial charge in [0, 0.05) is 10.2 Å². The Balaban J connectivity index is 2.30. The average Bonchev–Trinajstić information content (AvgIpc) is 2.41. The molecule has 100 valence electrons. The quantitative estimate of drug-likeness (QED) is 0.884. The fraction of sp³-hybridized carbons (Fsp3) is 0.250. The molecule has 2 N–H and O–H groups in total. The highest BCUT2D eigenvalue weighted by atomic mass is 79.9. The van der Waals surface area contributed by atoms with E-state index >= 15 is 0 Å². The highest BCUT2D eigenvalue weighted by Gasteiger charge is 2.14. The van der Waals surface area contributed by atoms with Gasteiger partial charge in [-0.15, -0.1) is 0 Å². The van der Waals surface area contributed by atoms with Crippen LogP contribution >= 0.6 is 15.9 Å². The van der Waals surface area contributed by atoms with E-state index in [9.17, 15) is 5.11 Å². The summed E-state index contributed by atoms with van der Waals surface area (Å²) in [6.07, 6.45) is 0. The molecule has 0 saturated carbocycles. The zero-order valence-electron chi connectivity index (χ0n) is 11.2. The lowest BCUT2D eigenvalue weighted by atomic mass is 9.99. The molecule has 0 radical (unpaired) electrons. The van der Waals surface area contributed by atoms with Crippen LogP contribution in [0.3, 0.4) is 0 Å². The van der Waals surface area contributed by atoms with Gasteiger partial charge in [-0.05, 0) is 53.0 Å². The number of nitrogens with one attached hydrogen (secondary N) is 1. The molecule has 1 unspecified atom stereocenters. The van der Waals surface area contributed by atoms with Crippen molar-refractivity contribution in [2.45, 2.75) is 19.9 Å². The third kappa shape index (κ3) is 3.37. The van der Waals surface area contributed by atoms with Crippen LogP contribution in [0.5, 0.6) is 0 Å². The van der Waals surface area contributed by atoms with Crippen LogP contribution in [0.2, 0.25) is 0 Å². The summed E-state index contributed by atoms with van der Waals surface area (Å²) in [5, 5.41) is 13.1. The Morgan fingerprint density at radius 3 is 2.58 bits per heavy atom. The van der Waals surface area contributed by atoms with Gasteiger partial charge >= 0.3 is 0 Å². The summed E-state index contributed by atoms with van der Waals surface area (Å²) >= 11 is 3.52. The molecular weight excluding hydrogens is 302 g/mol. The molecule has 0 aromatic heterocycles. The number of halogens is 1. The molecule has 0 saturated heterocycles. The monoisotopic (exact) mass is 319 g/mol. The minimum absolute atomic E-state index is 0.0611. The maximum Gasteiger partial charge on any atom is 0.0748 e. The smallest absolute Gasteiger partial charge is 0.0748 e. The van der Waals surface area contributed by atoms with Gasteiger partial charge in [-0.25, -0.2) is 0 Å². The Hall–Kier alpha value is -1.32. The summed E-state index contributed by atoms with van der Waals surface area (Å²) in [7, 11) is 0. The van der Waals surface area contributed by atoms with Crippen LogP contribution < -0.4 is 5.32 Å². The third-order valence-corrected chi connectivity index (χ3v) is 3.89. The number of benzene rings is 2. The molecule has 2 aromatic rings. The third-order valence-electron chi connectivity index (χ3n) is 3.20. The first-order valence-corrected chi connectivity index (χ1v) is 7.10. The molecule has 1 atom stereocenters. The van der Waals surface area contributed by atoms with E-state index in [2.05, 4.69) is 53.3 Å². The second-order valence-corrected chi connectivity index (χ2v) is 5.57. The zero-order valence-corrected chi connectivity index (χ0v) is 12.7. The van der Waals surface area contributed by atoms with Gasteiger partial charge in [0.15, 0.2) is 0 Å². The topological polar surface area (TPSA) is 32.3 Å². The lowest BCUT2D eigenvalue weighted by Gasteiger charge is -2.21. The van der Waals surface area contributed by atoms with Crippen LogP contribution in [0.25, 0.3) is 0 Å². The van der Waals surface area contributed by atoms with Crippen molar-refractivity contribution in [2.75, 3.05) is 11.9 Å². The van der Waals surface area contributed by atoms with E-state index in [0.717, 1.165) is 15.7 Å². The van der Waals surface area contributed by atoms with Crippen molar-refractivity contribution in [3.8, 4) is 0 Å². The summed E-state index contributed by atoms with van der Waals surface area (Å²) in [4.78, 5) is 0. The van der Waals surface area contributed by atoms with Gasteiger partial charge < -0.3 is 10.4 Å². The van der Waals surface area contributed by atoms with Crippen molar-refractivity contribution < 1.29 is 5.11 Å². The van der Waals surface area contributed by atoms with Crippen molar-refractivity contribution in [3.63, 3.8) is 0 Å². The van der Waals surface area contributed by atoms with Crippen molar-refractivity contribution >= 4 is 21.6 Å². The second-order valence-electron chi connectivity index (χ2n) is 4.72. The maximum absolute atomic E-state index is 9.67. The molecule has 0 amide bonds. The number of aryl methyl sites for hydroxylation is 2. The number of hydrogen-bond donors (Lipinski definition) is 2. The molecule has 0 spiro atoms. The summed E-state index contributed by atoms with van der Waals surface area (Å²) < 4.78 is 0.999. The molecule has 19 heavy (non-hydrogen) atoms. The highest BCUT2D eigenvalue weighted by Crippen LogP contribution is 2.28. The maximum atomic E-state index is 9.67. The molecule has 0 bridgehead atoms. The van der Waals surface area contributed by atoms with Gasteiger partial charge in [0.25, 0.3) is 0 Å². The van der Waals surface area contributed by atoms with Gasteiger partial charge in [-0.1, -0.05) is 35.9 Å². The number of rotatable bonds is 4. The Labute approximate surface area is 122 Å². The van der Waals surface area contributed by atoms with E-state index in [-0.39, 0.29) is 12.6 Å². The van der Waals surface area contributed by atoms with Crippen molar-refractivity contribution in [1.29, 1.82) is 0 Å². The first-order chi connectivity index (χ1) is 9.11. The fourth-order valence-electron chi connectivity index (χ4n) is 2.12. The number of aliphatic hydroxyl groups is 1. The van der Waals surface area contributed by atoms with E-state index in [0.29, 0.717) is 0 Å². The molecule has 0 aliphatic carbocycles. The van der Waals surface area contributed by atoms with Crippen LogP contribution in [0, 0.1) is 13.8 Å². The molecule has 0 aliphatic heterocycles. The standard InChI is InChI=1S/C16H18BrNO/c1-11-7-8-12(2)13(9-11)16(10-19)18-15-6-4-3-5-14(15)17/h3-9,16,18-19H,10H2,1-2H3. The number of hydrogen-bond acceptors (Lipinski definition) is 2. The first-order valence-electron chi connectivity index (χ1n) is 6.31. The van der Waals surface area contributed by atoms with E-state index in [1.54, 1.807) is 0 Å². The van der Waals surface area contributed by atoms with Crippen molar-refractivity contribution in [3.05, 3.63) is 63.6 Å². The molecule has 2 aromatic carbocycles. The number of para-hydroxylation sites is 1. The van der Waals surface area contributed by atoms with Gasteiger partial charge in [0.1, 0.15) is 0 Å². The van der Waals surface area contributed by atoms with Crippen LogP contribution in [-0.4, -0.2) is 11.7 Å². The Bertz CT molecular complexity index is 568. The predicted molar refractivity (Wildman–Crippen MR) is 83.5 cm³/mol. The minimum Gasteiger partial charge on any atom is -0.394 e. The lowest BCUT2D eigenvalue weighted by Crippen LogP contribution is -2.16. The molecule has 2 rings (SSSR count). The Kier molecular flexibility index (Phi) is 4.61. The van der Waals surface area contributed by atoms with Crippen LogP contribution in [0.4, 0.5) is 5.69 Å². The van der Waals surface area contributed by atoms with Crippen molar-refractivity contribution in [2.24, 2.45) is 0 Å². The molecule has 0 fully saturated rings. The van der Waals surface area contributed by atoms with Gasteiger partial charge in [0.05, 0.1) is 12.6 Å². The SMILES string of the molecule is Cc1ccc(C)c(C(CO)Nc2ccccc2Br)c1. The average molecular weight is 320 g/mol. The van der Waals surface area contributed by atoms with Crippen LogP contribution in [0.1, 0.15) is 22.7 Å². The summed E-state index contributed by atoms with van der Waals surface area (Å²) in [6.45, 7) is 4.20. The normalized spacial score (nSPS) is 12.2. The summed E-state index contributed by atoms with van der Waals surface area (Å²) in [5.41, 5.74) is 4.51. The van der Waals surface area contributed by atoms with E-state index < -0.39 is 0 Å². The van der Waals surface area contributed by atoms with Gasteiger partial charge in [0.2, 0.25) is 0 Å². The lowest BCUT2D eigenvalue weighted by molar-refractivity contribution is 0.276. The summed E-state index contributed by atoms with van der Waals surface area (Å²) in [5.74, 6) is 0. The number of aliphatic hydroxyl groups excluding tert-OH is 1. The second kappa shape index (κ2) is 6.22. The van der Waals surface area contributed by atoms with Crippen LogP contribution in [-0.2, 0) is 0 Å². The van der Waals surface area contributed by atoms with E-state index in [1.807, 2.05) is 24.3 Å². The Morgan fingerprint density at radius 1 is 1.16 bits per heavy atom. The molecule has 2 nitrogen and oxygen atoms in total. The van der Waals surface area contributed by atoms with Gasteiger partial charge in [-0.2, -0.15) is 0 Å². The molecule has 0 heterocycles. The molecular formula is C16H18BrNO. The van der Waals surface area contributed by atoms with E-state index in [4.69, 9.17) is 0 Å². The minimum atomic E-state index is -0.0985. The zero-order chi connectivity index (χ0) is 13.8.